The number of halogens is 1. The molecule has 0 radical (unpaired) electrons. The lowest BCUT2D eigenvalue weighted by molar-refractivity contribution is 0.0921. The van der Waals surface area contributed by atoms with Gasteiger partial charge in [0.15, 0.2) is 5.76 Å². The lowest BCUT2D eigenvalue weighted by Crippen LogP contribution is -2.22. The van der Waals surface area contributed by atoms with Crippen LogP contribution in [0.4, 0.5) is 4.39 Å². The van der Waals surface area contributed by atoms with E-state index in [9.17, 15) is 9.18 Å². The second-order valence-electron chi connectivity index (χ2n) is 4.39. The Morgan fingerprint density at radius 1 is 1.32 bits per heavy atom. The van der Waals surface area contributed by atoms with Crippen LogP contribution >= 0.6 is 0 Å². The highest BCUT2D eigenvalue weighted by Crippen LogP contribution is 2.11. The van der Waals surface area contributed by atoms with E-state index in [2.05, 4.69) is 5.32 Å². The minimum Gasteiger partial charge on any atom is -0.456 e. The summed E-state index contributed by atoms with van der Waals surface area (Å²) in [6.07, 6.45) is 0.754. The summed E-state index contributed by atoms with van der Waals surface area (Å²) >= 11 is 0. The van der Waals surface area contributed by atoms with Crippen molar-refractivity contribution in [3.63, 3.8) is 0 Å². The molecule has 1 aromatic carbocycles. The molecule has 0 bridgehead atoms. The third kappa shape index (κ3) is 3.22. The van der Waals surface area contributed by atoms with Crippen molar-refractivity contribution in [1.29, 1.82) is 0 Å². The average molecular weight is 261 g/mol. The molecular weight excluding hydrogens is 245 g/mol. The third-order valence-corrected chi connectivity index (χ3v) is 2.91. The van der Waals surface area contributed by atoms with Gasteiger partial charge in [-0.15, -0.1) is 0 Å². The van der Waals surface area contributed by atoms with E-state index in [1.807, 2.05) is 6.92 Å². The van der Waals surface area contributed by atoms with Crippen LogP contribution in [0.5, 0.6) is 0 Å². The lowest BCUT2D eigenvalue weighted by atomic mass is 10.1. The number of rotatable bonds is 4. The first kappa shape index (κ1) is 13.3. The van der Waals surface area contributed by atoms with Crippen molar-refractivity contribution in [2.45, 2.75) is 26.8 Å². The Balaban J connectivity index is 1.98. The molecule has 0 fully saturated rings. The molecule has 19 heavy (non-hydrogen) atoms. The Morgan fingerprint density at radius 3 is 2.74 bits per heavy atom. The van der Waals surface area contributed by atoms with Gasteiger partial charge in [-0.2, -0.15) is 0 Å². The Morgan fingerprint density at radius 2 is 2.11 bits per heavy atom. The second kappa shape index (κ2) is 5.69. The van der Waals surface area contributed by atoms with E-state index >= 15 is 0 Å². The van der Waals surface area contributed by atoms with Crippen molar-refractivity contribution < 1.29 is 13.6 Å². The molecule has 0 aliphatic rings. The fourth-order valence-corrected chi connectivity index (χ4v) is 1.78. The monoisotopic (exact) mass is 261 g/mol. The van der Waals surface area contributed by atoms with Crippen molar-refractivity contribution in [1.82, 2.24) is 5.32 Å². The fourth-order valence-electron chi connectivity index (χ4n) is 1.78. The van der Waals surface area contributed by atoms with Gasteiger partial charge in [-0.3, -0.25) is 4.79 Å². The quantitative estimate of drug-likeness (QED) is 0.918. The maximum Gasteiger partial charge on any atom is 0.287 e. The van der Waals surface area contributed by atoms with Gasteiger partial charge < -0.3 is 9.73 Å². The number of hydrogen-bond donors (Lipinski definition) is 1. The van der Waals surface area contributed by atoms with E-state index in [1.54, 1.807) is 31.2 Å². The summed E-state index contributed by atoms with van der Waals surface area (Å²) in [6.45, 7) is 4.00. The number of amides is 1. The first-order valence-electron chi connectivity index (χ1n) is 6.22. The van der Waals surface area contributed by atoms with Gasteiger partial charge in [-0.25, -0.2) is 4.39 Å². The molecule has 1 amide bonds. The molecular formula is C15H16FNO2. The Hall–Kier alpha value is -2.10. The van der Waals surface area contributed by atoms with Crippen LogP contribution in [-0.2, 0) is 13.0 Å². The first-order valence-corrected chi connectivity index (χ1v) is 6.22. The highest BCUT2D eigenvalue weighted by molar-refractivity contribution is 5.91. The van der Waals surface area contributed by atoms with Crippen LogP contribution in [-0.4, -0.2) is 5.91 Å². The zero-order chi connectivity index (χ0) is 13.8. The molecule has 0 saturated heterocycles. The third-order valence-electron chi connectivity index (χ3n) is 2.91. The standard InChI is InChI=1S/C15H16FNO2/c1-3-12-5-7-14(19-12)15(18)17-9-11-4-6-13(16)10(2)8-11/h4-8H,3,9H2,1-2H3,(H,17,18). The van der Waals surface area contributed by atoms with E-state index in [1.165, 1.54) is 6.07 Å². The Bertz CT molecular complexity index is 590. The molecule has 0 saturated carbocycles. The van der Waals surface area contributed by atoms with Gasteiger partial charge in [0.25, 0.3) is 5.91 Å². The molecule has 4 heteroatoms. The average Bonchev–Trinajstić information content (AvgIpc) is 2.88. The van der Waals surface area contributed by atoms with Gasteiger partial charge >= 0.3 is 0 Å². The summed E-state index contributed by atoms with van der Waals surface area (Å²) in [6, 6.07) is 8.22. The van der Waals surface area contributed by atoms with Gasteiger partial charge in [-0.05, 0) is 36.2 Å². The Labute approximate surface area is 111 Å². The second-order valence-corrected chi connectivity index (χ2v) is 4.39. The molecule has 2 rings (SSSR count). The predicted octanol–water partition coefficient (Wildman–Crippen LogP) is 3.22. The smallest absolute Gasteiger partial charge is 0.287 e. The van der Waals surface area contributed by atoms with Gasteiger partial charge in [-0.1, -0.05) is 19.1 Å². The van der Waals surface area contributed by atoms with E-state index in [0.717, 1.165) is 17.7 Å². The van der Waals surface area contributed by atoms with Crippen LogP contribution in [0.3, 0.4) is 0 Å². The molecule has 100 valence electrons. The topological polar surface area (TPSA) is 42.2 Å². The molecule has 0 aliphatic heterocycles. The number of nitrogens with one attached hydrogen (secondary N) is 1. The van der Waals surface area contributed by atoms with Gasteiger partial charge in [0.2, 0.25) is 0 Å². The van der Waals surface area contributed by atoms with Gasteiger partial charge in [0.1, 0.15) is 11.6 Å². The normalized spacial score (nSPS) is 10.5. The van der Waals surface area contributed by atoms with E-state index < -0.39 is 0 Å². The predicted molar refractivity (Wildman–Crippen MR) is 70.4 cm³/mol. The molecule has 1 aromatic heterocycles. The minimum absolute atomic E-state index is 0.242. The van der Waals surface area contributed by atoms with Crippen LogP contribution < -0.4 is 5.32 Å². The van der Waals surface area contributed by atoms with Crippen LogP contribution in [0.1, 0.15) is 34.4 Å². The van der Waals surface area contributed by atoms with Crippen molar-refractivity contribution in [3.8, 4) is 0 Å². The zero-order valence-electron chi connectivity index (χ0n) is 11.0. The van der Waals surface area contributed by atoms with Crippen molar-refractivity contribution in [2.24, 2.45) is 0 Å². The number of carbonyl (C=O) groups is 1. The zero-order valence-corrected chi connectivity index (χ0v) is 11.0. The summed E-state index contributed by atoms with van der Waals surface area (Å²) in [7, 11) is 0. The summed E-state index contributed by atoms with van der Waals surface area (Å²) in [5.41, 5.74) is 1.42. The molecule has 0 unspecified atom stereocenters. The fraction of sp³-hybridized carbons (Fsp3) is 0.267. The summed E-state index contributed by atoms with van der Waals surface area (Å²) in [4.78, 5) is 11.8. The van der Waals surface area contributed by atoms with E-state index in [-0.39, 0.29) is 11.7 Å². The first-order chi connectivity index (χ1) is 9.10. The van der Waals surface area contributed by atoms with Crippen LogP contribution in [0.25, 0.3) is 0 Å². The number of aryl methyl sites for hydroxylation is 2. The molecule has 0 atom stereocenters. The number of carbonyl (C=O) groups excluding carboxylic acids is 1. The molecule has 2 aromatic rings. The maximum atomic E-state index is 13.1. The molecule has 0 spiro atoms. The molecule has 3 nitrogen and oxygen atoms in total. The SMILES string of the molecule is CCc1ccc(C(=O)NCc2ccc(F)c(C)c2)o1. The summed E-state index contributed by atoms with van der Waals surface area (Å²) < 4.78 is 18.5. The van der Waals surface area contributed by atoms with Crippen molar-refractivity contribution >= 4 is 5.91 Å². The van der Waals surface area contributed by atoms with Crippen molar-refractivity contribution in [2.75, 3.05) is 0 Å². The van der Waals surface area contributed by atoms with E-state index in [4.69, 9.17) is 4.42 Å². The highest BCUT2D eigenvalue weighted by atomic mass is 19.1. The van der Waals surface area contributed by atoms with Crippen LogP contribution in [0.2, 0.25) is 0 Å². The van der Waals surface area contributed by atoms with Gasteiger partial charge in [0.05, 0.1) is 0 Å². The number of furan rings is 1. The molecule has 1 heterocycles. The van der Waals surface area contributed by atoms with Crippen molar-refractivity contribution in [3.05, 3.63) is 58.8 Å². The molecule has 1 N–H and O–H groups in total. The Kier molecular flexibility index (Phi) is 4.00. The minimum atomic E-state index is -0.262. The van der Waals surface area contributed by atoms with Gasteiger partial charge in [0, 0.05) is 13.0 Å². The number of benzene rings is 1. The van der Waals surface area contributed by atoms with Crippen LogP contribution in [0.15, 0.2) is 34.7 Å². The lowest BCUT2D eigenvalue weighted by Gasteiger charge is -2.05. The highest BCUT2D eigenvalue weighted by Gasteiger charge is 2.10. The van der Waals surface area contributed by atoms with E-state index in [0.29, 0.717) is 17.9 Å². The number of hydrogen-bond acceptors (Lipinski definition) is 2. The largest absolute Gasteiger partial charge is 0.456 e. The summed E-state index contributed by atoms with van der Waals surface area (Å²) in [5.74, 6) is 0.578. The summed E-state index contributed by atoms with van der Waals surface area (Å²) in [5, 5.41) is 2.74. The molecule has 0 aliphatic carbocycles. The van der Waals surface area contributed by atoms with Crippen LogP contribution in [0, 0.1) is 12.7 Å². The maximum absolute atomic E-state index is 13.1.